The molecule has 0 aliphatic carbocycles. The fourth-order valence-electron chi connectivity index (χ4n) is 4.64. The molecule has 0 bridgehead atoms. The summed E-state index contributed by atoms with van der Waals surface area (Å²) in [6.45, 7) is 5.42. The highest BCUT2D eigenvalue weighted by atomic mass is 16.2. The van der Waals surface area contributed by atoms with Crippen LogP contribution < -0.4 is 15.5 Å². The van der Waals surface area contributed by atoms with E-state index in [1.807, 2.05) is 25.1 Å². The third-order valence-electron chi connectivity index (χ3n) is 6.50. The second-order valence-corrected chi connectivity index (χ2v) is 8.65. The smallest absolute Gasteiger partial charge is 0.313 e. The van der Waals surface area contributed by atoms with Gasteiger partial charge in [-0.1, -0.05) is 36.8 Å². The van der Waals surface area contributed by atoms with E-state index in [1.165, 1.54) is 36.1 Å². The maximum Gasteiger partial charge on any atom is 0.313 e. The minimum atomic E-state index is -0.623. The summed E-state index contributed by atoms with van der Waals surface area (Å²) in [5.74, 6) is -1.21. The topological polar surface area (TPSA) is 64.7 Å². The summed E-state index contributed by atoms with van der Waals surface area (Å²) < 4.78 is 0. The number of hydrogen-bond acceptors (Lipinski definition) is 4. The van der Waals surface area contributed by atoms with Crippen molar-refractivity contribution in [2.75, 3.05) is 43.4 Å². The third kappa shape index (κ3) is 4.90. The monoisotopic (exact) mass is 420 g/mol. The number of likely N-dealkylation sites (N-methyl/N-ethyl adjacent to an activating group) is 1. The van der Waals surface area contributed by atoms with Crippen molar-refractivity contribution in [3.63, 3.8) is 0 Å². The molecule has 0 aromatic heterocycles. The minimum Gasteiger partial charge on any atom is -0.374 e. The van der Waals surface area contributed by atoms with Crippen LogP contribution in [0.3, 0.4) is 0 Å². The first-order valence-electron chi connectivity index (χ1n) is 11.3. The fourth-order valence-corrected chi connectivity index (χ4v) is 4.64. The average Bonchev–Trinajstić information content (AvgIpc) is 3.16. The van der Waals surface area contributed by atoms with Crippen LogP contribution in [0.2, 0.25) is 0 Å². The number of para-hydroxylation sites is 1. The van der Waals surface area contributed by atoms with Crippen molar-refractivity contribution in [2.24, 2.45) is 0 Å². The number of carbonyl (C=O) groups excluding carboxylic acids is 2. The highest BCUT2D eigenvalue weighted by Crippen LogP contribution is 2.32. The maximum atomic E-state index is 12.6. The van der Waals surface area contributed by atoms with Crippen LogP contribution in [-0.4, -0.2) is 49.9 Å². The lowest BCUT2D eigenvalue weighted by Gasteiger charge is -2.35. The Bertz CT molecular complexity index is 952. The van der Waals surface area contributed by atoms with Gasteiger partial charge in [0, 0.05) is 31.5 Å². The van der Waals surface area contributed by atoms with Gasteiger partial charge in [0.25, 0.3) is 0 Å². The number of hydrogen-bond donors (Lipinski definition) is 2. The predicted octanol–water partition coefficient (Wildman–Crippen LogP) is 3.27. The van der Waals surface area contributed by atoms with Crippen LogP contribution in [0.4, 0.5) is 11.4 Å². The number of nitrogens with zero attached hydrogens (tertiary/aromatic N) is 2. The molecule has 164 valence electrons. The number of amides is 2. The molecule has 2 aliphatic heterocycles. The lowest BCUT2D eigenvalue weighted by molar-refractivity contribution is -0.136. The molecule has 2 amide bonds. The summed E-state index contributed by atoms with van der Waals surface area (Å²) >= 11 is 0. The number of anilines is 2. The first-order chi connectivity index (χ1) is 15.0. The van der Waals surface area contributed by atoms with Crippen LogP contribution in [0, 0.1) is 6.92 Å². The van der Waals surface area contributed by atoms with E-state index in [2.05, 4.69) is 45.7 Å². The van der Waals surface area contributed by atoms with Crippen molar-refractivity contribution in [1.82, 2.24) is 10.2 Å². The normalized spacial score (nSPS) is 17.2. The minimum absolute atomic E-state index is 0.0757. The van der Waals surface area contributed by atoms with Gasteiger partial charge in [0.2, 0.25) is 0 Å². The zero-order chi connectivity index (χ0) is 21.8. The summed E-state index contributed by atoms with van der Waals surface area (Å²) in [6.07, 6.45) is 4.65. The van der Waals surface area contributed by atoms with Gasteiger partial charge in [-0.15, -0.1) is 0 Å². The molecule has 2 heterocycles. The van der Waals surface area contributed by atoms with Crippen LogP contribution in [0.15, 0.2) is 42.5 Å². The number of fused-ring (bicyclic) bond motifs is 1. The Morgan fingerprint density at radius 3 is 2.55 bits per heavy atom. The van der Waals surface area contributed by atoms with Gasteiger partial charge in [-0.25, -0.2) is 0 Å². The molecule has 2 aromatic rings. The molecule has 4 rings (SSSR count). The lowest BCUT2D eigenvalue weighted by Crippen LogP contribution is -2.43. The SMILES string of the molecule is Cc1ccccc1NC(=O)C(=O)NC[C@H](c1ccc2c(c1)CCN2C)N1CCCCC1. The van der Waals surface area contributed by atoms with E-state index in [0.717, 1.165) is 31.6 Å². The Labute approximate surface area is 184 Å². The average molecular weight is 421 g/mol. The van der Waals surface area contributed by atoms with Crippen LogP contribution in [0.25, 0.3) is 0 Å². The molecule has 0 spiro atoms. The largest absolute Gasteiger partial charge is 0.374 e. The summed E-state index contributed by atoms with van der Waals surface area (Å²) in [5.41, 5.74) is 5.47. The fraction of sp³-hybridized carbons (Fsp3) is 0.440. The highest BCUT2D eigenvalue weighted by molar-refractivity contribution is 6.39. The van der Waals surface area contributed by atoms with Crippen molar-refractivity contribution in [3.05, 3.63) is 59.2 Å². The summed E-state index contributed by atoms with van der Waals surface area (Å²) in [7, 11) is 2.13. The summed E-state index contributed by atoms with van der Waals surface area (Å²) in [4.78, 5) is 29.7. The number of nitrogens with one attached hydrogen (secondary N) is 2. The van der Waals surface area contributed by atoms with Crippen molar-refractivity contribution >= 4 is 23.2 Å². The predicted molar refractivity (Wildman–Crippen MR) is 124 cm³/mol. The Kier molecular flexibility index (Phi) is 6.56. The van der Waals surface area contributed by atoms with Gasteiger partial charge < -0.3 is 15.5 Å². The van der Waals surface area contributed by atoms with E-state index in [9.17, 15) is 9.59 Å². The number of carbonyl (C=O) groups is 2. The Balaban J connectivity index is 1.46. The zero-order valence-electron chi connectivity index (χ0n) is 18.5. The number of likely N-dealkylation sites (tertiary alicyclic amines) is 1. The van der Waals surface area contributed by atoms with Gasteiger partial charge in [0.05, 0.1) is 6.04 Å². The van der Waals surface area contributed by atoms with E-state index in [1.54, 1.807) is 6.07 Å². The lowest BCUT2D eigenvalue weighted by atomic mass is 9.98. The zero-order valence-corrected chi connectivity index (χ0v) is 18.5. The van der Waals surface area contributed by atoms with Crippen LogP contribution in [0.1, 0.15) is 42.0 Å². The third-order valence-corrected chi connectivity index (χ3v) is 6.50. The van der Waals surface area contributed by atoms with Crippen molar-refractivity contribution in [2.45, 2.75) is 38.6 Å². The molecule has 2 aliphatic rings. The van der Waals surface area contributed by atoms with Gasteiger partial charge >= 0.3 is 11.8 Å². The van der Waals surface area contributed by atoms with Gasteiger partial charge in [-0.05, 0) is 68.1 Å². The van der Waals surface area contributed by atoms with E-state index in [-0.39, 0.29) is 6.04 Å². The summed E-state index contributed by atoms with van der Waals surface area (Å²) in [6, 6.07) is 14.2. The van der Waals surface area contributed by atoms with Gasteiger partial charge in [0.1, 0.15) is 0 Å². The standard InChI is InChI=1S/C25H32N4O2/c1-18-8-4-5-9-21(18)27-25(31)24(30)26-17-23(29-13-6-3-7-14-29)19-10-11-22-20(16-19)12-15-28(22)2/h4-5,8-11,16,23H,3,6-7,12-15,17H2,1-2H3,(H,26,30)(H,27,31)/t23-/m1/s1. The molecule has 1 saturated heterocycles. The number of aryl methyl sites for hydroxylation is 1. The Morgan fingerprint density at radius 2 is 1.77 bits per heavy atom. The second-order valence-electron chi connectivity index (χ2n) is 8.65. The quantitative estimate of drug-likeness (QED) is 0.729. The van der Waals surface area contributed by atoms with Crippen LogP contribution >= 0.6 is 0 Å². The van der Waals surface area contributed by atoms with Gasteiger partial charge in [0.15, 0.2) is 0 Å². The highest BCUT2D eigenvalue weighted by Gasteiger charge is 2.26. The molecule has 6 nitrogen and oxygen atoms in total. The summed E-state index contributed by atoms with van der Waals surface area (Å²) in [5, 5.41) is 5.61. The maximum absolute atomic E-state index is 12.6. The van der Waals surface area contributed by atoms with Gasteiger partial charge in [-0.3, -0.25) is 14.5 Å². The van der Waals surface area contributed by atoms with Crippen LogP contribution in [-0.2, 0) is 16.0 Å². The molecule has 2 N–H and O–H groups in total. The van der Waals surface area contributed by atoms with E-state index in [4.69, 9.17) is 0 Å². The molecule has 31 heavy (non-hydrogen) atoms. The molecule has 0 radical (unpaired) electrons. The molecular formula is C25H32N4O2. The van der Waals surface area contributed by atoms with Gasteiger partial charge in [-0.2, -0.15) is 0 Å². The molecule has 2 aromatic carbocycles. The number of benzene rings is 2. The van der Waals surface area contributed by atoms with Crippen molar-refractivity contribution < 1.29 is 9.59 Å². The van der Waals surface area contributed by atoms with Crippen LogP contribution in [0.5, 0.6) is 0 Å². The second kappa shape index (κ2) is 9.52. The molecule has 1 fully saturated rings. The number of piperidine rings is 1. The molecule has 0 saturated carbocycles. The van der Waals surface area contributed by atoms with Crippen molar-refractivity contribution in [3.8, 4) is 0 Å². The molecule has 6 heteroatoms. The van der Waals surface area contributed by atoms with Crippen molar-refractivity contribution in [1.29, 1.82) is 0 Å². The first-order valence-corrected chi connectivity index (χ1v) is 11.3. The number of rotatable bonds is 5. The Hall–Kier alpha value is -2.86. The first kappa shape index (κ1) is 21.4. The van der Waals surface area contributed by atoms with E-state index >= 15 is 0 Å². The van der Waals surface area contributed by atoms with E-state index < -0.39 is 11.8 Å². The Morgan fingerprint density at radius 1 is 1.00 bits per heavy atom. The molecular weight excluding hydrogens is 388 g/mol. The molecule has 0 unspecified atom stereocenters. The molecule has 1 atom stereocenters. The van der Waals surface area contributed by atoms with E-state index in [0.29, 0.717) is 12.2 Å².